The molecule has 1 aromatic carbocycles. The van der Waals surface area contributed by atoms with Gasteiger partial charge in [0.2, 0.25) is 0 Å². The van der Waals surface area contributed by atoms with Crippen LogP contribution in [0.1, 0.15) is 42.9 Å². The fraction of sp³-hybridized carbons (Fsp3) is 0.600. The van der Waals surface area contributed by atoms with Crippen LogP contribution in [0.4, 0.5) is 5.69 Å². The smallest absolute Gasteiger partial charge is 0.0404 e. The largest absolute Gasteiger partial charge is 0.368 e. The second kappa shape index (κ2) is 3.49. The first-order valence-electron chi connectivity index (χ1n) is 6.97. The van der Waals surface area contributed by atoms with E-state index in [0.717, 1.165) is 18.4 Å². The van der Waals surface area contributed by atoms with Gasteiger partial charge in [-0.25, -0.2) is 0 Å². The van der Waals surface area contributed by atoms with Crippen LogP contribution >= 0.6 is 0 Å². The Labute approximate surface area is 103 Å². The highest BCUT2D eigenvalue weighted by atomic mass is 15.2. The van der Waals surface area contributed by atoms with E-state index < -0.39 is 0 Å². The molecule has 1 saturated carbocycles. The normalized spacial score (nSPS) is 34.4. The molecule has 2 fully saturated rings. The number of nitrogens with two attached hydrogens (primary N) is 1. The van der Waals surface area contributed by atoms with Gasteiger partial charge in [0.05, 0.1) is 0 Å². The third kappa shape index (κ3) is 1.37. The summed E-state index contributed by atoms with van der Waals surface area (Å²) in [6.07, 6.45) is 6.60. The maximum Gasteiger partial charge on any atom is 0.0404 e. The van der Waals surface area contributed by atoms with Crippen molar-refractivity contribution in [2.45, 2.75) is 44.2 Å². The summed E-state index contributed by atoms with van der Waals surface area (Å²) in [4.78, 5) is 2.67. The second-order valence-electron chi connectivity index (χ2n) is 5.98. The topological polar surface area (TPSA) is 29.3 Å². The zero-order valence-corrected chi connectivity index (χ0v) is 10.2. The van der Waals surface area contributed by atoms with Crippen LogP contribution in [0.5, 0.6) is 0 Å². The lowest BCUT2D eigenvalue weighted by molar-refractivity contribution is 0.553. The molecule has 2 N–H and O–H groups in total. The van der Waals surface area contributed by atoms with Crippen molar-refractivity contribution in [3.8, 4) is 0 Å². The quantitative estimate of drug-likeness (QED) is 0.800. The summed E-state index contributed by atoms with van der Waals surface area (Å²) >= 11 is 0. The molecule has 0 aromatic heterocycles. The molecule has 1 saturated heterocycles. The van der Waals surface area contributed by atoms with Gasteiger partial charge < -0.3 is 10.6 Å². The van der Waals surface area contributed by atoms with Crippen LogP contribution in [-0.4, -0.2) is 12.6 Å². The van der Waals surface area contributed by atoms with Gasteiger partial charge in [-0.2, -0.15) is 0 Å². The molecular weight excluding hydrogens is 208 g/mol. The zero-order valence-electron chi connectivity index (χ0n) is 10.2. The van der Waals surface area contributed by atoms with Crippen LogP contribution in [0.25, 0.3) is 0 Å². The fourth-order valence-corrected chi connectivity index (χ4v) is 4.16. The van der Waals surface area contributed by atoms with Crippen LogP contribution < -0.4 is 10.6 Å². The van der Waals surface area contributed by atoms with Crippen molar-refractivity contribution < 1.29 is 0 Å². The molecule has 2 heteroatoms. The Hall–Kier alpha value is -1.02. The van der Waals surface area contributed by atoms with Gasteiger partial charge in [0.25, 0.3) is 0 Å². The first-order chi connectivity index (χ1) is 8.33. The van der Waals surface area contributed by atoms with E-state index in [1.165, 1.54) is 43.5 Å². The molecule has 17 heavy (non-hydrogen) atoms. The molecule has 2 nitrogen and oxygen atoms in total. The minimum atomic E-state index is 0.282. The Morgan fingerprint density at radius 1 is 1.18 bits per heavy atom. The molecule has 90 valence electrons. The van der Waals surface area contributed by atoms with Crippen LogP contribution in [0, 0.1) is 5.92 Å². The number of hydrogen-bond donors (Lipinski definition) is 1. The van der Waals surface area contributed by atoms with Crippen molar-refractivity contribution in [2.75, 3.05) is 11.4 Å². The number of benzene rings is 1. The average Bonchev–Trinajstić information content (AvgIpc) is 3.04. The summed E-state index contributed by atoms with van der Waals surface area (Å²) in [5.41, 5.74) is 10.6. The number of anilines is 1. The first-order valence-corrected chi connectivity index (χ1v) is 6.97. The van der Waals surface area contributed by atoms with Crippen LogP contribution in [0.15, 0.2) is 18.2 Å². The minimum absolute atomic E-state index is 0.282. The van der Waals surface area contributed by atoms with Gasteiger partial charge in [-0.3, -0.25) is 0 Å². The standard InChI is InChI=1S/C15H20N2/c16-14-7-6-13-12(14)2-1-3-15(13)17-9-10-4-5-11(17)8-10/h1-3,10-11,14H,4-9,16H2. The summed E-state index contributed by atoms with van der Waals surface area (Å²) < 4.78 is 0. The summed E-state index contributed by atoms with van der Waals surface area (Å²) in [5.74, 6) is 0.964. The Morgan fingerprint density at radius 2 is 2.12 bits per heavy atom. The molecule has 3 atom stereocenters. The van der Waals surface area contributed by atoms with E-state index in [0.29, 0.717) is 0 Å². The number of rotatable bonds is 1. The third-order valence-corrected chi connectivity index (χ3v) is 5.01. The molecule has 0 amide bonds. The molecule has 1 heterocycles. The van der Waals surface area contributed by atoms with Crippen molar-refractivity contribution in [1.29, 1.82) is 0 Å². The average molecular weight is 228 g/mol. The highest BCUT2D eigenvalue weighted by Gasteiger charge is 2.39. The molecular formula is C15H20N2. The molecule has 0 spiro atoms. The van der Waals surface area contributed by atoms with Crippen LogP contribution in [0.3, 0.4) is 0 Å². The number of piperidine rings is 1. The highest BCUT2D eigenvalue weighted by Crippen LogP contribution is 2.44. The van der Waals surface area contributed by atoms with Gasteiger partial charge in [-0.05, 0) is 55.2 Å². The molecule has 3 unspecified atom stereocenters. The molecule has 1 aromatic rings. The molecule has 0 radical (unpaired) electrons. The Morgan fingerprint density at radius 3 is 2.88 bits per heavy atom. The number of fused-ring (bicyclic) bond motifs is 3. The Bertz CT molecular complexity index is 454. The lowest BCUT2D eigenvalue weighted by Gasteiger charge is -2.31. The van der Waals surface area contributed by atoms with Crippen LogP contribution in [0.2, 0.25) is 0 Å². The third-order valence-electron chi connectivity index (χ3n) is 5.01. The van der Waals surface area contributed by atoms with E-state index >= 15 is 0 Å². The lowest BCUT2D eigenvalue weighted by Crippen LogP contribution is -2.32. The predicted octanol–water partition coefficient (Wildman–Crippen LogP) is 2.62. The molecule has 3 aliphatic rings. The van der Waals surface area contributed by atoms with E-state index in [1.54, 1.807) is 5.56 Å². The van der Waals surface area contributed by atoms with Gasteiger partial charge in [0.15, 0.2) is 0 Å². The predicted molar refractivity (Wildman–Crippen MR) is 70.2 cm³/mol. The van der Waals surface area contributed by atoms with E-state index in [4.69, 9.17) is 5.73 Å². The van der Waals surface area contributed by atoms with Gasteiger partial charge in [-0.15, -0.1) is 0 Å². The lowest BCUT2D eigenvalue weighted by atomic mass is 10.0. The Balaban J connectivity index is 1.75. The number of hydrogen-bond acceptors (Lipinski definition) is 2. The fourth-order valence-electron chi connectivity index (χ4n) is 4.16. The maximum absolute atomic E-state index is 6.17. The van der Waals surface area contributed by atoms with E-state index in [-0.39, 0.29) is 6.04 Å². The zero-order chi connectivity index (χ0) is 11.4. The minimum Gasteiger partial charge on any atom is -0.368 e. The van der Waals surface area contributed by atoms with Gasteiger partial charge in [-0.1, -0.05) is 12.1 Å². The van der Waals surface area contributed by atoms with Crippen LogP contribution in [-0.2, 0) is 6.42 Å². The molecule has 2 bridgehead atoms. The molecule has 1 aliphatic heterocycles. The van der Waals surface area contributed by atoms with Gasteiger partial charge in [0, 0.05) is 24.3 Å². The van der Waals surface area contributed by atoms with Crippen molar-refractivity contribution in [3.63, 3.8) is 0 Å². The first kappa shape index (κ1) is 9.95. The van der Waals surface area contributed by atoms with Crippen molar-refractivity contribution in [2.24, 2.45) is 11.7 Å². The maximum atomic E-state index is 6.17. The monoisotopic (exact) mass is 228 g/mol. The SMILES string of the molecule is NC1CCc2c1cccc2N1CC2CCC1C2. The van der Waals surface area contributed by atoms with Crippen molar-refractivity contribution in [1.82, 2.24) is 0 Å². The van der Waals surface area contributed by atoms with E-state index in [1.807, 2.05) is 0 Å². The van der Waals surface area contributed by atoms with E-state index in [9.17, 15) is 0 Å². The van der Waals surface area contributed by atoms with Gasteiger partial charge >= 0.3 is 0 Å². The highest BCUT2D eigenvalue weighted by molar-refractivity contribution is 5.61. The summed E-state index contributed by atoms with van der Waals surface area (Å²) in [7, 11) is 0. The Kier molecular flexibility index (Phi) is 2.04. The summed E-state index contributed by atoms with van der Waals surface area (Å²) in [6.45, 7) is 1.29. The molecule has 2 aliphatic carbocycles. The summed E-state index contributed by atoms with van der Waals surface area (Å²) in [6, 6.07) is 7.85. The van der Waals surface area contributed by atoms with Crippen molar-refractivity contribution in [3.05, 3.63) is 29.3 Å². The summed E-state index contributed by atoms with van der Waals surface area (Å²) in [5, 5.41) is 0. The van der Waals surface area contributed by atoms with E-state index in [2.05, 4.69) is 23.1 Å². The second-order valence-corrected chi connectivity index (χ2v) is 5.98. The van der Waals surface area contributed by atoms with Crippen molar-refractivity contribution >= 4 is 5.69 Å². The molecule has 4 rings (SSSR count). The van der Waals surface area contributed by atoms with Gasteiger partial charge in [0.1, 0.15) is 0 Å². The number of nitrogens with zero attached hydrogens (tertiary/aromatic N) is 1.